The summed E-state index contributed by atoms with van der Waals surface area (Å²) in [5.74, 6) is 0.836. The van der Waals surface area contributed by atoms with Gasteiger partial charge in [0.1, 0.15) is 5.75 Å². The number of nitrogens with zero attached hydrogens (tertiary/aromatic N) is 3. The molecule has 4 rings (SSSR count). The predicted molar refractivity (Wildman–Crippen MR) is 101 cm³/mol. The first-order valence-corrected chi connectivity index (χ1v) is 8.69. The van der Waals surface area contributed by atoms with Crippen LogP contribution in [-0.4, -0.2) is 29.5 Å². The lowest BCUT2D eigenvalue weighted by molar-refractivity contribution is 0.414. The minimum Gasteiger partial charge on any atom is -0.497 e. The van der Waals surface area contributed by atoms with Gasteiger partial charge in [-0.15, -0.1) is 0 Å². The molecular formula is C18H14ClN3OS. The van der Waals surface area contributed by atoms with Crippen LogP contribution in [0.1, 0.15) is 11.1 Å². The van der Waals surface area contributed by atoms with Gasteiger partial charge >= 0.3 is 0 Å². The molecule has 0 amide bonds. The molecule has 4 nitrogen and oxygen atoms in total. The maximum absolute atomic E-state index is 5.97. The Kier molecular flexibility index (Phi) is 4.04. The fourth-order valence-electron chi connectivity index (χ4n) is 2.55. The van der Waals surface area contributed by atoms with E-state index < -0.39 is 0 Å². The Hall–Kier alpha value is -2.24. The first-order chi connectivity index (χ1) is 11.7. The molecule has 6 heteroatoms. The summed E-state index contributed by atoms with van der Waals surface area (Å²) >= 11 is 7.56. The minimum atomic E-state index is 0.574. The molecule has 0 fully saturated rings. The van der Waals surface area contributed by atoms with Crippen molar-refractivity contribution in [1.29, 1.82) is 0 Å². The van der Waals surface area contributed by atoms with E-state index in [1.807, 2.05) is 53.5 Å². The summed E-state index contributed by atoms with van der Waals surface area (Å²) in [6.07, 6.45) is 0. The van der Waals surface area contributed by atoms with Crippen LogP contribution in [0.5, 0.6) is 5.75 Å². The fraction of sp³-hybridized carbons (Fsp3) is 0.111. The van der Waals surface area contributed by atoms with Crippen LogP contribution in [0, 0.1) is 0 Å². The van der Waals surface area contributed by atoms with Crippen molar-refractivity contribution in [3.63, 3.8) is 0 Å². The second-order valence-electron chi connectivity index (χ2n) is 5.31. The number of benzene rings is 2. The Morgan fingerprint density at radius 1 is 1.04 bits per heavy atom. The normalized spacial score (nSPS) is 16.2. The largest absolute Gasteiger partial charge is 0.497 e. The summed E-state index contributed by atoms with van der Waals surface area (Å²) in [6.45, 7) is 0.574. The summed E-state index contributed by atoms with van der Waals surface area (Å²) < 4.78 is 5.22. The lowest BCUT2D eigenvalue weighted by atomic mass is 10.1. The molecule has 0 bridgehead atoms. The van der Waals surface area contributed by atoms with E-state index in [0.717, 1.165) is 38.5 Å². The van der Waals surface area contributed by atoms with Gasteiger partial charge in [0.2, 0.25) is 0 Å². The molecule has 2 aliphatic heterocycles. The van der Waals surface area contributed by atoms with Crippen molar-refractivity contribution in [3.05, 3.63) is 70.1 Å². The van der Waals surface area contributed by atoms with Crippen LogP contribution in [0.25, 0.3) is 5.70 Å². The first kappa shape index (κ1) is 15.3. The van der Waals surface area contributed by atoms with Gasteiger partial charge < -0.3 is 4.74 Å². The number of hydrazone groups is 1. The topological polar surface area (TPSA) is 37.2 Å². The van der Waals surface area contributed by atoms with E-state index in [9.17, 15) is 0 Å². The Morgan fingerprint density at radius 3 is 2.46 bits per heavy atom. The lowest BCUT2D eigenvalue weighted by Gasteiger charge is -2.22. The third kappa shape index (κ3) is 2.81. The number of fused-ring (bicyclic) bond motifs is 1. The highest BCUT2D eigenvalue weighted by atomic mass is 35.5. The van der Waals surface area contributed by atoms with E-state index in [2.05, 4.69) is 10.4 Å². The van der Waals surface area contributed by atoms with Crippen LogP contribution in [0.3, 0.4) is 0 Å². The van der Waals surface area contributed by atoms with Gasteiger partial charge in [0.05, 0.1) is 25.1 Å². The molecule has 120 valence electrons. The highest BCUT2D eigenvalue weighted by molar-refractivity contribution is 8.16. The molecule has 2 heterocycles. The summed E-state index contributed by atoms with van der Waals surface area (Å²) in [5.41, 5.74) is 4.06. The number of aliphatic imine (C=N–C) groups is 1. The molecule has 2 aromatic rings. The maximum Gasteiger partial charge on any atom is 0.189 e. The van der Waals surface area contributed by atoms with Gasteiger partial charge in [0.15, 0.2) is 5.17 Å². The summed E-state index contributed by atoms with van der Waals surface area (Å²) in [7, 11) is 1.66. The lowest BCUT2D eigenvalue weighted by Crippen LogP contribution is -2.26. The van der Waals surface area contributed by atoms with Gasteiger partial charge in [-0.1, -0.05) is 35.5 Å². The standard InChI is InChI=1S/C18H14ClN3OS/c1-23-15-8-4-13(5-9-15)17-11-24-18-20-10-16(21-22(17)18)12-2-6-14(19)7-3-12/h2-9,11H,10H2,1H3. The van der Waals surface area contributed by atoms with Gasteiger partial charge in [-0.05, 0) is 42.0 Å². The number of ether oxygens (including phenoxy) is 1. The maximum atomic E-state index is 5.97. The third-order valence-electron chi connectivity index (χ3n) is 3.83. The summed E-state index contributed by atoms with van der Waals surface area (Å²) in [4.78, 5) is 4.65. The number of hydrogen-bond donors (Lipinski definition) is 0. The summed E-state index contributed by atoms with van der Waals surface area (Å²) in [6, 6.07) is 15.6. The Balaban J connectivity index is 1.65. The average molecular weight is 356 g/mol. The monoisotopic (exact) mass is 355 g/mol. The molecule has 24 heavy (non-hydrogen) atoms. The summed E-state index contributed by atoms with van der Waals surface area (Å²) in [5, 5.41) is 10.4. The Morgan fingerprint density at radius 2 is 1.75 bits per heavy atom. The highest BCUT2D eigenvalue weighted by Gasteiger charge is 2.27. The van der Waals surface area contributed by atoms with Gasteiger partial charge in [0.25, 0.3) is 0 Å². The number of rotatable bonds is 3. The van der Waals surface area contributed by atoms with Crippen LogP contribution in [0.2, 0.25) is 5.02 Å². The molecule has 0 spiro atoms. The number of amidine groups is 1. The molecular weight excluding hydrogens is 342 g/mol. The van der Waals surface area contributed by atoms with E-state index in [0.29, 0.717) is 6.54 Å². The van der Waals surface area contributed by atoms with Crippen LogP contribution >= 0.6 is 23.4 Å². The van der Waals surface area contributed by atoms with Crippen molar-refractivity contribution in [2.45, 2.75) is 0 Å². The Bertz CT molecular complexity index is 857. The van der Waals surface area contributed by atoms with Crippen molar-refractivity contribution >= 4 is 39.9 Å². The van der Waals surface area contributed by atoms with Crippen LogP contribution in [-0.2, 0) is 0 Å². The average Bonchev–Trinajstić information content (AvgIpc) is 3.05. The van der Waals surface area contributed by atoms with E-state index in [4.69, 9.17) is 21.4 Å². The molecule has 0 saturated heterocycles. The predicted octanol–water partition coefficient (Wildman–Crippen LogP) is 4.47. The molecule has 2 aliphatic rings. The van der Waals surface area contributed by atoms with E-state index in [-0.39, 0.29) is 0 Å². The molecule has 0 atom stereocenters. The van der Waals surface area contributed by atoms with Crippen molar-refractivity contribution in [2.75, 3.05) is 13.7 Å². The number of thioether (sulfide) groups is 1. The van der Waals surface area contributed by atoms with Crippen molar-refractivity contribution in [2.24, 2.45) is 10.1 Å². The van der Waals surface area contributed by atoms with Gasteiger partial charge in [-0.25, -0.2) is 5.01 Å². The van der Waals surface area contributed by atoms with Crippen molar-refractivity contribution in [3.8, 4) is 5.75 Å². The number of methoxy groups -OCH3 is 1. The van der Waals surface area contributed by atoms with Crippen molar-refractivity contribution < 1.29 is 4.74 Å². The molecule has 2 aromatic carbocycles. The second kappa shape index (κ2) is 6.34. The van der Waals surface area contributed by atoms with E-state index in [1.165, 1.54) is 0 Å². The first-order valence-electron chi connectivity index (χ1n) is 7.44. The van der Waals surface area contributed by atoms with Crippen LogP contribution in [0.15, 0.2) is 64.0 Å². The highest BCUT2D eigenvalue weighted by Crippen LogP contribution is 2.35. The zero-order chi connectivity index (χ0) is 16.5. The zero-order valence-electron chi connectivity index (χ0n) is 12.9. The quantitative estimate of drug-likeness (QED) is 0.815. The van der Waals surface area contributed by atoms with Gasteiger partial charge in [-0.2, -0.15) is 5.10 Å². The molecule has 0 aromatic heterocycles. The number of halogens is 1. The van der Waals surface area contributed by atoms with E-state index >= 15 is 0 Å². The molecule has 0 saturated carbocycles. The molecule has 0 radical (unpaired) electrons. The van der Waals surface area contributed by atoms with Gasteiger partial charge in [-0.3, -0.25) is 4.99 Å². The zero-order valence-corrected chi connectivity index (χ0v) is 14.5. The van der Waals surface area contributed by atoms with Crippen LogP contribution < -0.4 is 4.74 Å². The van der Waals surface area contributed by atoms with Gasteiger partial charge in [0, 0.05) is 16.0 Å². The molecule has 0 aliphatic carbocycles. The number of hydrogen-bond acceptors (Lipinski definition) is 5. The third-order valence-corrected chi connectivity index (χ3v) is 4.94. The van der Waals surface area contributed by atoms with Crippen LogP contribution in [0.4, 0.5) is 0 Å². The molecule has 0 N–H and O–H groups in total. The molecule has 0 unspecified atom stereocenters. The second-order valence-corrected chi connectivity index (χ2v) is 6.59. The Labute approximate surface area is 149 Å². The van der Waals surface area contributed by atoms with E-state index in [1.54, 1.807) is 18.9 Å². The SMILES string of the molecule is COc1ccc(C2=CSC3=NCC(c4ccc(Cl)cc4)=NN23)cc1. The fourth-order valence-corrected chi connectivity index (χ4v) is 3.51. The van der Waals surface area contributed by atoms with Crippen molar-refractivity contribution in [1.82, 2.24) is 5.01 Å². The smallest absolute Gasteiger partial charge is 0.189 e. The minimum absolute atomic E-state index is 0.574.